The molecule has 2 rings (SSSR count). The van der Waals surface area contributed by atoms with Crippen LogP contribution in [0.2, 0.25) is 10.0 Å². The Kier molecular flexibility index (Phi) is 6.45. The molecule has 0 aliphatic rings. The molecule has 0 aromatic heterocycles. The van der Waals surface area contributed by atoms with Crippen LogP contribution in [-0.4, -0.2) is 24.8 Å². The monoisotopic (exact) mass is 363 g/mol. The smallest absolute Gasteiger partial charge is 0.163 e. The highest BCUT2D eigenvalue weighted by molar-refractivity contribution is 6.42. The second-order valence-corrected chi connectivity index (χ2v) is 7.01. The van der Waals surface area contributed by atoms with Crippen molar-refractivity contribution in [3.63, 3.8) is 0 Å². The Hall–Kier alpha value is -1.35. The molecular formula is C20H23Cl2NO. The van der Waals surface area contributed by atoms with E-state index in [0.717, 1.165) is 12.8 Å². The first-order chi connectivity index (χ1) is 11.4. The summed E-state index contributed by atoms with van der Waals surface area (Å²) in [6, 6.07) is 15.4. The van der Waals surface area contributed by atoms with Crippen LogP contribution in [0, 0.1) is 0 Å². The largest absolute Gasteiger partial charge is 0.300 e. The van der Waals surface area contributed by atoms with Crippen LogP contribution in [0.5, 0.6) is 0 Å². The average Bonchev–Trinajstić information content (AvgIpc) is 2.58. The lowest BCUT2D eigenvalue weighted by Gasteiger charge is -2.40. The Morgan fingerprint density at radius 1 is 1.04 bits per heavy atom. The second kappa shape index (κ2) is 8.15. The molecular weight excluding hydrogens is 341 g/mol. The van der Waals surface area contributed by atoms with Crippen LogP contribution in [0.25, 0.3) is 0 Å². The van der Waals surface area contributed by atoms with Crippen LogP contribution in [0.4, 0.5) is 0 Å². The second-order valence-electron chi connectivity index (χ2n) is 6.20. The number of rotatable bonds is 7. The van der Waals surface area contributed by atoms with Gasteiger partial charge in [-0.3, -0.25) is 9.69 Å². The van der Waals surface area contributed by atoms with E-state index in [9.17, 15) is 4.79 Å². The zero-order chi connectivity index (χ0) is 17.7. The molecule has 0 aliphatic heterocycles. The maximum atomic E-state index is 12.6. The molecule has 0 radical (unpaired) electrons. The number of carbonyl (C=O) groups is 1. The number of halogens is 2. The van der Waals surface area contributed by atoms with Gasteiger partial charge in [-0.2, -0.15) is 0 Å². The fraction of sp³-hybridized carbons (Fsp3) is 0.350. The Bertz CT molecular complexity index is 700. The molecule has 0 heterocycles. The third-order valence-electron chi connectivity index (χ3n) is 4.76. The molecule has 2 aromatic carbocycles. The SMILES string of the molecule is CCC(CCC(=O)c1ccc(Cl)c(Cl)c1)(c1ccccc1)N(C)C. The molecule has 2 aromatic rings. The lowest BCUT2D eigenvalue weighted by molar-refractivity contribution is 0.0900. The molecule has 0 amide bonds. The summed E-state index contributed by atoms with van der Waals surface area (Å²) >= 11 is 12.0. The minimum absolute atomic E-state index is 0.0872. The van der Waals surface area contributed by atoms with Gasteiger partial charge in [-0.25, -0.2) is 0 Å². The predicted octanol–water partition coefficient (Wildman–Crippen LogP) is 5.82. The zero-order valence-corrected chi connectivity index (χ0v) is 15.9. The highest BCUT2D eigenvalue weighted by Gasteiger charge is 2.33. The van der Waals surface area contributed by atoms with Gasteiger partial charge in [-0.15, -0.1) is 0 Å². The van der Waals surface area contributed by atoms with Crippen molar-refractivity contribution in [1.29, 1.82) is 0 Å². The van der Waals surface area contributed by atoms with Gasteiger partial charge in [0.15, 0.2) is 5.78 Å². The lowest BCUT2D eigenvalue weighted by Crippen LogP contribution is -2.41. The predicted molar refractivity (Wildman–Crippen MR) is 102 cm³/mol. The molecule has 0 fully saturated rings. The van der Waals surface area contributed by atoms with Crippen LogP contribution in [-0.2, 0) is 5.54 Å². The van der Waals surface area contributed by atoms with Crippen molar-refractivity contribution in [3.8, 4) is 0 Å². The standard InChI is InChI=1S/C20H23Cl2NO/c1-4-20(23(2)3,16-8-6-5-7-9-16)13-12-19(24)15-10-11-17(21)18(22)14-15/h5-11,14H,4,12-13H2,1-3H3. The van der Waals surface area contributed by atoms with Crippen LogP contribution in [0.15, 0.2) is 48.5 Å². The van der Waals surface area contributed by atoms with E-state index >= 15 is 0 Å². The van der Waals surface area contributed by atoms with Gasteiger partial charge in [0.05, 0.1) is 10.0 Å². The van der Waals surface area contributed by atoms with Crippen molar-refractivity contribution in [1.82, 2.24) is 4.90 Å². The number of hydrogen-bond donors (Lipinski definition) is 0. The maximum absolute atomic E-state index is 12.6. The first-order valence-corrected chi connectivity index (χ1v) is 8.87. The van der Waals surface area contributed by atoms with E-state index in [2.05, 4.69) is 38.1 Å². The summed E-state index contributed by atoms with van der Waals surface area (Å²) in [7, 11) is 4.14. The quantitative estimate of drug-likeness (QED) is 0.577. The Balaban J connectivity index is 2.22. The summed E-state index contributed by atoms with van der Waals surface area (Å²) in [6.45, 7) is 2.16. The van der Waals surface area contributed by atoms with Gasteiger partial charge in [0, 0.05) is 17.5 Å². The van der Waals surface area contributed by atoms with Crippen molar-refractivity contribution in [3.05, 3.63) is 69.7 Å². The van der Waals surface area contributed by atoms with Crippen LogP contribution >= 0.6 is 23.2 Å². The topological polar surface area (TPSA) is 20.3 Å². The van der Waals surface area contributed by atoms with Gasteiger partial charge < -0.3 is 0 Å². The van der Waals surface area contributed by atoms with Crippen LogP contribution in [0.3, 0.4) is 0 Å². The lowest BCUT2D eigenvalue weighted by atomic mass is 9.81. The molecule has 1 atom stereocenters. The third-order valence-corrected chi connectivity index (χ3v) is 5.50. The number of hydrogen-bond acceptors (Lipinski definition) is 2. The molecule has 0 aliphatic carbocycles. The maximum Gasteiger partial charge on any atom is 0.163 e. The van der Waals surface area contributed by atoms with Gasteiger partial charge in [-0.1, -0.05) is 60.5 Å². The number of Topliss-reactive ketones (excluding diaryl/α,β-unsaturated/α-hetero) is 1. The molecule has 0 N–H and O–H groups in total. The normalized spacial score (nSPS) is 13.8. The van der Waals surface area contributed by atoms with Crippen molar-refractivity contribution >= 4 is 29.0 Å². The third kappa shape index (κ3) is 4.00. The zero-order valence-electron chi connectivity index (χ0n) is 14.4. The van der Waals surface area contributed by atoms with Gasteiger partial charge in [-0.05, 0) is 50.7 Å². The Morgan fingerprint density at radius 2 is 1.71 bits per heavy atom. The van der Waals surface area contributed by atoms with E-state index < -0.39 is 0 Å². The van der Waals surface area contributed by atoms with E-state index in [-0.39, 0.29) is 11.3 Å². The molecule has 0 saturated carbocycles. The Morgan fingerprint density at radius 3 is 2.25 bits per heavy atom. The van der Waals surface area contributed by atoms with Crippen LogP contribution < -0.4 is 0 Å². The summed E-state index contributed by atoms with van der Waals surface area (Å²) < 4.78 is 0. The van der Waals surface area contributed by atoms with E-state index in [0.29, 0.717) is 22.0 Å². The van der Waals surface area contributed by atoms with E-state index in [4.69, 9.17) is 23.2 Å². The fourth-order valence-corrected chi connectivity index (χ4v) is 3.50. The van der Waals surface area contributed by atoms with Crippen molar-refractivity contribution in [2.45, 2.75) is 31.7 Å². The molecule has 0 bridgehead atoms. The number of ketones is 1. The molecule has 128 valence electrons. The van der Waals surface area contributed by atoms with E-state index in [1.807, 2.05) is 18.2 Å². The number of benzene rings is 2. The van der Waals surface area contributed by atoms with Crippen molar-refractivity contribution in [2.24, 2.45) is 0 Å². The van der Waals surface area contributed by atoms with E-state index in [1.54, 1.807) is 18.2 Å². The molecule has 2 nitrogen and oxygen atoms in total. The fourth-order valence-electron chi connectivity index (χ4n) is 3.21. The summed E-state index contributed by atoms with van der Waals surface area (Å²) in [5.74, 6) is 0.0872. The molecule has 0 spiro atoms. The minimum atomic E-state index is -0.160. The summed E-state index contributed by atoms with van der Waals surface area (Å²) in [6.07, 6.45) is 2.14. The molecule has 0 saturated heterocycles. The van der Waals surface area contributed by atoms with Crippen molar-refractivity contribution in [2.75, 3.05) is 14.1 Å². The number of nitrogens with zero attached hydrogens (tertiary/aromatic N) is 1. The van der Waals surface area contributed by atoms with Gasteiger partial charge in [0.25, 0.3) is 0 Å². The molecule has 4 heteroatoms. The number of carbonyl (C=O) groups excluding carboxylic acids is 1. The molecule has 1 unspecified atom stereocenters. The average molecular weight is 364 g/mol. The first kappa shape index (κ1) is 19.0. The summed E-state index contributed by atoms with van der Waals surface area (Å²) in [5.41, 5.74) is 1.69. The van der Waals surface area contributed by atoms with Crippen molar-refractivity contribution < 1.29 is 4.79 Å². The van der Waals surface area contributed by atoms with Gasteiger partial charge in [0.1, 0.15) is 0 Å². The highest BCUT2D eigenvalue weighted by atomic mass is 35.5. The summed E-state index contributed by atoms with van der Waals surface area (Å²) in [5, 5.41) is 0.883. The summed E-state index contributed by atoms with van der Waals surface area (Å²) in [4.78, 5) is 14.8. The minimum Gasteiger partial charge on any atom is -0.300 e. The van der Waals surface area contributed by atoms with Gasteiger partial charge >= 0.3 is 0 Å². The Labute approximate surface area is 154 Å². The molecule has 24 heavy (non-hydrogen) atoms. The van der Waals surface area contributed by atoms with E-state index in [1.165, 1.54) is 5.56 Å². The van der Waals surface area contributed by atoms with Gasteiger partial charge in [0.2, 0.25) is 0 Å². The van der Waals surface area contributed by atoms with Crippen LogP contribution in [0.1, 0.15) is 42.1 Å². The highest BCUT2D eigenvalue weighted by Crippen LogP contribution is 2.35. The first-order valence-electron chi connectivity index (χ1n) is 8.12.